The first-order chi connectivity index (χ1) is 16.0. The molecular formula is C27H22FN5. The number of aromatic nitrogens is 5. The number of hydrogen-bond donors (Lipinski definition) is 2. The number of nitrogens with one attached hydrogen (secondary N) is 2. The average Bonchev–Trinajstić information content (AvgIpc) is 3.40. The van der Waals surface area contributed by atoms with Crippen molar-refractivity contribution in [1.82, 2.24) is 25.1 Å². The van der Waals surface area contributed by atoms with E-state index in [0.29, 0.717) is 5.82 Å². The average molecular weight is 436 g/mol. The number of hydrogen-bond acceptors (Lipinski definition) is 3. The molecule has 0 fully saturated rings. The van der Waals surface area contributed by atoms with Crippen LogP contribution in [-0.4, -0.2) is 25.1 Å². The molecule has 2 N–H and O–H groups in total. The monoisotopic (exact) mass is 435 g/mol. The quantitative estimate of drug-likeness (QED) is 0.314. The van der Waals surface area contributed by atoms with Crippen molar-refractivity contribution < 1.29 is 4.39 Å². The maximum absolute atomic E-state index is 13.9. The fraction of sp³-hybridized carbons (Fsp3) is 0.0741. The van der Waals surface area contributed by atoms with Gasteiger partial charge in [-0.2, -0.15) is 5.10 Å². The SMILES string of the molecule is C=C/C=C(/c1cccc(F)c1)c1nc(-c2n[nH]c3ccc(-c4cnccc4C)cc23)[nH]c1C. The van der Waals surface area contributed by atoms with E-state index in [2.05, 4.69) is 45.8 Å². The Bertz CT molecular complexity index is 1520. The molecule has 162 valence electrons. The second-order valence-corrected chi connectivity index (χ2v) is 7.91. The number of aromatic amines is 2. The van der Waals surface area contributed by atoms with E-state index in [1.54, 1.807) is 18.3 Å². The van der Waals surface area contributed by atoms with Gasteiger partial charge in [0.15, 0.2) is 5.82 Å². The van der Waals surface area contributed by atoms with Crippen LogP contribution in [0.1, 0.15) is 22.5 Å². The van der Waals surface area contributed by atoms with E-state index in [-0.39, 0.29) is 5.82 Å². The molecule has 3 heterocycles. The van der Waals surface area contributed by atoms with Crippen LogP contribution < -0.4 is 0 Å². The number of benzene rings is 2. The summed E-state index contributed by atoms with van der Waals surface area (Å²) in [4.78, 5) is 12.5. The van der Waals surface area contributed by atoms with Crippen LogP contribution in [0.15, 0.2) is 79.7 Å². The van der Waals surface area contributed by atoms with Gasteiger partial charge in [0.2, 0.25) is 0 Å². The minimum atomic E-state index is -0.299. The van der Waals surface area contributed by atoms with Crippen molar-refractivity contribution in [2.75, 3.05) is 0 Å². The van der Waals surface area contributed by atoms with Crippen molar-refractivity contribution in [2.24, 2.45) is 0 Å². The maximum atomic E-state index is 13.9. The molecule has 0 aliphatic carbocycles. The molecule has 6 heteroatoms. The smallest absolute Gasteiger partial charge is 0.159 e. The fourth-order valence-electron chi connectivity index (χ4n) is 4.05. The minimum absolute atomic E-state index is 0.299. The highest BCUT2D eigenvalue weighted by Gasteiger charge is 2.18. The summed E-state index contributed by atoms with van der Waals surface area (Å²) >= 11 is 0. The molecule has 0 radical (unpaired) electrons. The van der Waals surface area contributed by atoms with E-state index in [1.807, 2.05) is 37.4 Å². The Balaban J connectivity index is 1.62. The first-order valence-electron chi connectivity index (χ1n) is 10.6. The number of allylic oxidation sites excluding steroid dienone is 2. The molecule has 0 saturated heterocycles. The normalized spacial score (nSPS) is 11.8. The summed E-state index contributed by atoms with van der Waals surface area (Å²) in [5.74, 6) is 0.340. The van der Waals surface area contributed by atoms with Gasteiger partial charge in [0.25, 0.3) is 0 Å². The molecule has 0 bridgehead atoms. The molecule has 0 spiro atoms. The van der Waals surface area contributed by atoms with E-state index < -0.39 is 0 Å². The second kappa shape index (κ2) is 8.31. The summed E-state index contributed by atoms with van der Waals surface area (Å²) in [6, 6.07) is 14.6. The van der Waals surface area contributed by atoms with Crippen molar-refractivity contribution in [3.8, 4) is 22.6 Å². The van der Waals surface area contributed by atoms with Crippen LogP contribution >= 0.6 is 0 Å². The van der Waals surface area contributed by atoms with Crippen molar-refractivity contribution in [2.45, 2.75) is 13.8 Å². The van der Waals surface area contributed by atoms with Crippen molar-refractivity contribution in [3.63, 3.8) is 0 Å². The standard InChI is InChI=1S/C27H22FN5/c1-4-6-21(18-7-5-8-20(28)13-18)25-17(3)30-27(31-25)26-22-14-19(9-10-24(22)32-33-26)23-15-29-12-11-16(23)2/h4-15H,1H2,2-3H3,(H,30,31)(H,32,33)/b21-6-. The predicted octanol–water partition coefficient (Wildman–Crippen LogP) is 6.39. The number of fused-ring (bicyclic) bond motifs is 1. The zero-order chi connectivity index (χ0) is 22.9. The van der Waals surface area contributed by atoms with E-state index in [1.165, 1.54) is 12.1 Å². The van der Waals surface area contributed by atoms with Gasteiger partial charge < -0.3 is 4.98 Å². The number of nitrogens with zero attached hydrogens (tertiary/aromatic N) is 3. The molecule has 0 atom stereocenters. The van der Waals surface area contributed by atoms with Crippen molar-refractivity contribution in [3.05, 3.63) is 108 Å². The zero-order valence-corrected chi connectivity index (χ0v) is 18.4. The summed E-state index contributed by atoms with van der Waals surface area (Å²) in [5.41, 5.74) is 8.03. The van der Waals surface area contributed by atoms with Crippen LogP contribution in [0, 0.1) is 19.7 Å². The summed E-state index contributed by atoms with van der Waals surface area (Å²) < 4.78 is 13.9. The Morgan fingerprint density at radius 3 is 2.76 bits per heavy atom. The fourth-order valence-corrected chi connectivity index (χ4v) is 4.05. The molecule has 5 rings (SSSR count). The van der Waals surface area contributed by atoms with E-state index in [4.69, 9.17) is 4.98 Å². The van der Waals surface area contributed by atoms with Crippen molar-refractivity contribution in [1.29, 1.82) is 0 Å². The lowest BCUT2D eigenvalue weighted by atomic mass is 10.0. The minimum Gasteiger partial charge on any atom is -0.340 e. The van der Waals surface area contributed by atoms with Crippen LogP contribution in [0.2, 0.25) is 0 Å². The molecule has 5 nitrogen and oxygen atoms in total. The van der Waals surface area contributed by atoms with Gasteiger partial charge >= 0.3 is 0 Å². The summed E-state index contributed by atoms with van der Waals surface area (Å²) in [7, 11) is 0. The Hall–Kier alpha value is -4.32. The Morgan fingerprint density at radius 2 is 1.97 bits per heavy atom. The Labute approximate surface area is 190 Å². The highest BCUT2D eigenvalue weighted by molar-refractivity contribution is 5.95. The van der Waals surface area contributed by atoms with Crippen LogP contribution in [0.25, 0.3) is 39.1 Å². The molecule has 3 aromatic heterocycles. The van der Waals surface area contributed by atoms with Crippen LogP contribution in [0.5, 0.6) is 0 Å². The van der Waals surface area contributed by atoms with Crippen LogP contribution in [-0.2, 0) is 0 Å². The zero-order valence-electron chi connectivity index (χ0n) is 18.4. The number of H-pyrrole nitrogens is 2. The van der Waals surface area contributed by atoms with E-state index in [9.17, 15) is 4.39 Å². The third-order valence-electron chi connectivity index (χ3n) is 5.70. The van der Waals surface area contributed by atoms with Gasteiger partial charge in [-0.3, -0.25) is 10.1 Å². The largest absolute Gasteiger partial charge is 0.340 e. The van der Waals surface area contributed by atoms with Gasteiger partial charge in [-0.1, -0.05) is 36.9 Å². The molecule has 0 aliphatic heterocycles. The van der Waals surface area contributed by atoms with Gasteiger partial charge in [-0.05, 0) is 60.9 Å². The summed E-state index contributed by atoms with van der Waals surface area (Å²) in [6.45, 7) is 7.83. The van der Waals surface area contributed by atoms with Gasteiger partial charge in [-0.15, -0.1) is 0 Å². The molecule has 0 saturated carbocycles. The molecule has 0 aliphatic rings. The number of aryl methyl sites for hydroxylation is 2. The predicted molar refractivity (Wildman–Crippen MR) is 130 cm³/mol. The first kappa shape index (κ1) is 20.6. The molecule has 0 amide bonds. The van der Waals surface area contributed by atoms with Gasteiger partial charge in [-0.25, -0.2) is 9.37 Å². The lowest BCUT2D eigenvalue weighted by Gasteiger charge is -2.06. The number of halogens is 1. The third-order valence-corrected chi connectivity index (χ3v) is 5.70. The molecule has 33 heavy (non-hydrogen) atoms. The number of pyridine rings is 1. The summed E-state index contributed by atoms with van der Waals surface area (Å²) in [5, 5.41) is 8.59. The highest BCUT2D eigenvalue weighted by Crippen LogP contribution is 2.33. The van der Waals surface area contributed by atoms with Gasteiger partial charge in [0.1, 0.15) is 11.5 Å². The summed E-state index contributed by atoms with van der Waals surface area (Å²) in [6.07, 6.45) is 7.19. The topological polar surface area (TPSA) is 70.2 Å². The lowest BCUT2D eigenvalue weighted by molar-refractivity contribution is 0.627. The van der Waals surface area contributed by atoms with Crippen LogP contribution in [0.3, 0.4) is 0 Å². The maximum Gasteiger partial charge on any atom is 0.159 e. The number of rotatable bonds is 5. The third kappa shape index (κ3) is 3.76. The lowest BCUT2D eigenvalue weighted by Crippen LogP contribution is -1.92. The first-order valence-corrected chi connectivity index (χ1v) is 10.6. The Kier molecular flexibility index (Phi) is 5.18. The number of imidazole rings is 1. The van der Waals surface area contributed by atoms with Gasteiger partial charge in [0.05, 0.1) is 11.2 Å². The second-order valence-electron chi connectivity index (χ2n) is 7.91. The van der Waals surface area contributed by atoms with E-state index in [0.717, 1.165) is 55.8 Å². The molecule has 5 aromatic rings. The molecular weight excluding hydrogens is 413 g/mol. The molecule has 2 aromatic carbocycles. The Morgan fingerprint density at radius 1 is 1.09 bits per heavy atom. The highest BCUT2D eigenvalue weighted by atomic mass is 19.1. The van der Waals surface area contributed by atoms with Crippen molar-refractivity contribution >= 4 is 16.5 Å². The van der Waals surface area contributed by atoms with Crippen LogP contribution in [0.4, 0.5) is 4.39 Å². The van der Waals surface area contributed by atoms with Gasteiger partial charge in [0, 0.05) is 34.6 Å². The van der Waals surface area contributed by atoms with E-state index >= 15 is 0 Å². The molecule has 0 unspecified atom stereocenters.